The molecule has 3 rings (SSSR count). The number of hydrogen-bond donors (Lipinski definition) is 0. The van der Waals surface area contributed by atoms with E-state index in [1.165, 1.54) is 0 Å². The molecule has 1 amide bonds. The second-order valence-electron chi connectivity index (χ2n) is 6.51. The van der Waals surface area contributed by atoms with Crippen LogP contribution in [0.2, 0.25) is 0 Å². The largest absolute Gasteiger partial charge is 0.453 e. The van der Waals surface area contributed by atoms with Crippen LogP contribution in [0.15, 0.2) is 34.7 Å². The van der Waals surface area contributed by atoms with Crippen molar-refractivity contribution in [3.8, 4) is 11.3 Å². The molecule has 0 saturated heterocycles. The fraction of sp³-hybridized carbons (Fsp3) is 0.333. The topological polar surface area (TPSA) is 59.8 Å². The van der Waals surface area contributed by atoms with Gasteiger partial charge in [0.25, 0.3) is 0 Å². The van der Waals surface area contributed by atoms with Crippen LogP contribution in [0.3, 0.4) is 0 Å². The van der Waals surface area contributed by atoms with Crippen molar-refractivity contribution in [1.82, 2.24) is 0 Å². The number of amides is 1. The third kappa shape index (κ3) is 2.99. The SMILES string of the molecule is CC(C)(C)OC(=O)N1CCc2c(-c3ccc(C=O)o3)cccc21. The molecule has 0 saturated carbocycles. The van der Waals surface area contributed by atoms with E-state index in [2.05, 4.69) is 0 Å². The van der Waals surface area contributed by atoms with E-state index in [1.54, 1.807) is 17.0 Å². The molecule has 0 unspecified atom stereocenters. The van der Waals surface area contributed by atoms with Crippen molar-refractivity contribution in [2.45, 2.75) is 32.8 Å². The molecule has 0 fully saturated rings. The molecule has 0 spiro atoms. The lowest BCUT2D eigenvalue weighted by atomic mass is 10.0. The standard InChI is InChI=1S/C18H19NO4/c1-18(2,3)23-17(21)19-10-9-13-14(5-4-6-15(13)19)16-8-7-12(11-20)22-16/h4-8,11H,9-10H2,1-3H3. The van der Waals surface area contributed by atoms with E-state index >= 15 is 0 Å². The van der Waals surface area contributed by atoms with Crippen LogP contribution in [-0.2, 0) is 11.2 Å². The Kier molecular flexibility index (Phi) is 3.72. The number of fused-ring (bicyclic) bond motifs is 1. The predicted molar refractivity (Wildman–Crippen MR) is 86.8 cm³/mol. The molecule has 0 radical (unpaired) electrons. The third-order valence-electron chi connectivity index (χ3n) is 3.65. The minimum absolute atomic E-state index is 0.291. The number of aldehydes is 1. The molecule has 2 aromatic rings. The molecule has 5 heteroatoms. The third-order valence-corrected chi connectivity index (χ3v) is 3.65. The fourth-order valence-corrected chi connectivity index (χ4v) is 2.73. The van der Waals surface area contributed by atoms with Crippen molar-refractivity contribution < 1.29 is 18.7 Å². The summed E-state index contributed by atoms with van der Waals surface area (Å²) in [5.41, 5.74) is 2.24. The molecule has 0 N–H and O–H groups in total. The van der Waals surface area contributed by atoms with Crippen LogP contribution in [0, 0.1) is 0 Å². The quantitative estimate of drug-likeness (QED) is 0.785. The number of furan rings is 1. The summed E-state index contributed by atoms with van der Waals surface area (Å²) >= 11 is 0. The minimum atomic E-state index is -0.530. The van der Waals surface area contributed by atoms with E-state index in [-0.39, 0.29) is 6.09 Å². The molecule has 23 heavy (non-hydrogen) atoms. The molecule has 0 aliphatic carbocycles. The summed E-state index contributed by atoms with van der Waals surface area (Å²) in [5.74, 6) is 0.926. The maximum absolute atomic E-state index is 12.4. The molecule has 1 aliphatic heterocycles. The van der Waals surface area contributed by atoms with Gasteiger partial charge in [0.1, 0.15) is 11.4 Å². The van der Waals surface area contributed by atoms with E-state index in [9.17, 15) is 9.59 Å². The van der Waals surface area contributed by atoms with Gasteiger partial charge in [0.15, 0.2) is 12.0 Å². The van der Waals surface area contributed by atoms with Gasteiger partial charge in [-0.25, -0.2) is 4.79 Å². The smallest absolute Gasteiger partial charge is 0.414 e. The first-order chi connectivity index (χ1) is 10.9. The maximum Gasteiger partial charge on any atom is 0.414 e. The summed E-state index contributed by atoms with van der Waals surface area (Å²) in [4.78, 5) is 24.8. The van der Waals surface area contributed by atoms with E-state index in [0.717, 1.165) is 23.2 Å². The van der Waals surface area contributed by atoms with Crippen LogP contribution in [0.1, 0.15) is 36.9 Å². The average Bonchev–Trinajstić information content (AvgIpc) is 3.11. The van der Waals surface area contributed by atoms with Gasteiger partial charge < -0.3 is 9.15 Å². The zero-order chi connectivity index (χ0) is 16.6. The van der Waals surface area contributed by atoms with Crippen molar-refractivity contribution in [1.29, 1.82) is 0 Å². The summed E-state index contributed by atoms with van der Waals surface area (Å²) in [6.07, 6.45) is 1.06. The minimum Gasteiger partial charge on any atom is -0.453 e. The number of anilines is 1. The van der Waals surface area contributed by atoms with Crippen LogP contribution < -0.4 is 4.90 Å². The average molecular weight is 313 g/mol. The molecular weight excluding hydrogens is 294 g/mol. The molecule has 0 bridgehead atoms. The number of hydrogen-bond acceptors (Lipinski definition) is 4. The highest BCUT2D eigenvalue weighted by Crippen LogP contribution is 2.37. The van der Waals surface area contributed by atoms with Gasteiger partial charge in [-0.05, 0) is 51.0 Å². The molecule has 1 aliphatic rings. The lowest BCUT2D eigenvalue weighted by molar-refractivity contribution is 0.0584. The zero-order valence-corrected chi connectivity index (χ0v) is 13.5. The van der Waals surface area contributed by atoms with Gasteiger partial charge in [-0.2, -0.15) is 0 Å². The second-order valence-corrected chi connectivity index (χ2v) is 6.51. The van der Waals surface area contributed by atoms with Gasteiger partial charge in [-0.3, -0.25) is 9.69 Å². The van der Waals surface area contributed by atoms with Crippen molar-refractivity contribution in [2.24, 2.45) is 0 Å². The Morgan fingerprint density at radius 1 is 1.26 bits per heavy atom. The second kappa shape index (κ2) is 5.57. The number of carbonyl (C=O) groups excluding carboxylic acids is 2. The summed E-state index contributed by atoms with van der Waals surface area (Å²) in [6.45, 7) is 6.12. The normalized spacial score (nSPS) is 13.8. The summed E-state index contributed by atoms with van der Waals surface area (Å²) in [5, 5.41) is 0. The molecule has 5 nitrogen and oxygen atoms in total. The van der Waals surface area contributed by atoms with Crippen molar-refractivity contribution in [3.63, 3.8) is 0 Å². The zero-order valence-electron chi connectivity index (χ0n) is 13.5. The summed E-state index contributed by atoms with van der Waals surface area (Å²) in [7, 11) is 0. The molecule has 1 aromatic carbocycles. The van der Waals surface area contributed by atoms with Gasteiger partial charge in [-0.15, -0.1) is 0 Å². The first-order valence-corrected chi connectivity index (χ1v) is 7.57. The van der Waals surface area contributed by atoms with Crippen molar-refractivity contribution in [2.75, 3.05) is 11.4 Å². The van der Waals surface area contributed by atoms with Crippen LogP contribution in [-0.4, -0.2) is 24.5 Å². The Hall–Kier alpha value is -2.56. The van der Waals surface area contributed by atoms with E-state index < -0.39 is 5.60 Å². The van der Waals surface area contributed by atoms with E-state index in [1.807, 2.05) is 39.0 Å². The maximum atomic E-state index is 12.4. The van der Waals surface area contributed by atoms with Gasteiger partial charge >= 0.3 is 6.09 Å². The molecule has 1 aromatic heterocycles. The highest BCUT2D eigenvalue weighted by atomic mass is 16.6. The van der Waals surface area contributed by atoms with Crippen LogP contribution in [0.4, 0.5) is 10.5 Å². The Balaban J connectivity index is 1.94. The highest BCUT2D eigenvalue weighted by molar-refractivity contribution is 5.92. The number of rotatable bonds is 2. The van der Waals surface area contributed by atoms with Crippen molar-refractivity contribution >= 4 is 18.1 Å². The first kappa shape index (κ1) is 15.3. The number of nitrogens with zero attached hydrogens (tertiary/aromatic N) is 1. The van der Waals surface area contributed by atoms with E-state index in [4.69, 9.17) is 9.15 Å². The number of ether oxygens (including phenoxy) is 1. The van der Waals surface area contributed by atoms with Gasteiger partial charge in [-0.1, -0.05) is 12.1 Å². The van der Waals surface area contributed by atoms with Crippen molar-refractivity contribution in [3.05, 3.63) is 41.7 Å². The summed E-state index contributed by atoms with van der Waals surface area (Å²) in [6, 6.07) is 9.13. The highest BCUT2D eigenvalue weighted by Gasteiger charge is 2.30. The molecular formula is C18H19NO4. The van der Waals surface area contributed by atoms with Gasteiger partial charge in [0, 0.05) is 12.1 Å². The molecule has 2 heterocycles. The van der Waals surface area contributed by atoms with Crippen LogP contribution >= 0.6 is 0 Å². The van der Waals surface area contributed by atoms with Crippen LogP contribution in [0.25, 0.3) is 11.3 Å². The first-order valence-electron chi connectivity index (χ1n) is 7.57. The van der Waals surface area contributed by atoms with Gasteiger partial charge in [0.05, 0.1) is 5.69 Å². The number of benzene rings is 1. The monoisotopic (exact) mass is 313 g/mol. The van der Waals surface area contributed by atoms with Crippen LogP contribution in [0.5, 0.6) is 0 Å². The Morgan fingerprint density at radius 3 is 2.70 bits per heavy atom. The Morgan fingerprint density at radius 2 is 2.04 bits per heavy atom. The number of carbonyl (C=O) groups is 2. The Labute approximate surface area is 134 Å². The fourth-order valence-electron chi connectivity index (χ4n) is 2.73. The molecule has 0 atom stereocenters. The van der Waals surface area contributed by atoms with E-state index in [0.29, 0.717) is 24.4 Å². The lowest BCUT2D eigenvalue weighted by Gasteiger charge is -2.24. The van der Waals surface area contributed by atoms with Gasteiger partial charge in [0.2, 0.25) is 0 Å². The Bertz CT molecular complexity index is 755. The molecule has 120 valence electrons. The lowest BCUT2D eigenvalue weighted by Crippen LogP contribution is -2.35. The summed E-state index contributed by atoms with van der Waals surface area (Å²) < 4.78 is 11.0. The predicted octanol–water partition coefficient (Wildman–Crippen LogP) is 4.06.